The molecule has 0 amide bonds. The van der Waals surface area contributed by atoms with Gasteiger partial charge in [-0.1, -0.05) is 230 Å². The van der Waals surface area contributed by atoms with Crippen molar-refractivity contribution in [1.82, 2.24) is 0 Å². The van der Waals surface area contributed by atoms with Gasteiger partial charge in [-0.3, -0.25) is 9.59 Å². The average molecular weight is 1100 g/mol. The van der Waals surface area contributed by atoms with Gasteiger partial charge in [-0.25, -0.2) is 4.79 Å². The third-order valence-corrected chi connectivity index (χ3v) is 12.6. The number of aliphatic carboxylic acids is 1. The minimum atomic E-state index is -1.53. The maximum atomic E-state index is 12.9. The molecule has 0 aliphatic heterocycles. The molecule has 2 unspecified atom stereocenters. The molecule has 0 rings (SSSR count). The van der Waals surface area contributed by atoms with Crippen molar-refractivity contribution in [3.8, 4) is 0 Å². The Morgan fingerprint density at radius 2 is 0.722 bits per heavy atom. The molecule has 0 saturated carbocycles. The largest absolute Gasteiger partial charge is 0.477 e. The SMILES string of the molecule is CC/C=C\C/C=C\C/C=C\C/C=C\C/C=C\C/C=C\C/C=C\C/C=C\C/C=C\CCCCCC(=O)OC(COC(=O)CCCCCCCCCC/C=C\C/C=C\C/C=C\CCCCCCC)COC(OCC[N+](C)(C)C)C(=O)O. The Balaban J connectivity index is 4.36. The summed E-state index contributed by atoms with van der Waals surface area (Å²) in [6.07, 6.45) is 83.6. The number of carbonyl (C=O) groups is 3. The molecular weight excluding hydrogens is 983 g/mol. The van der Waals surface area contributed by atoms with Crippen molar-refractivity contribution in [2.45, 2.75) is 232 Å². The Bertz CT molecular complexity index is 1800. The van der Waals surface area contributed by atoms with E-state index in [1.165, 1.54) is 64.2 Å². The molecule has 0 radical (unpaired) electrons. The molecule has 0 spiro atoms. The number of hydrogen-bond donors (Lipinski definition) is 1. The van der Waals surface area contributed by atoms with Crippen molar-refractivity contribution in [2.24, 2.45) is 0 Å². The van der Waals surface area contributed by atoms with E-state index in [4.69, 9.17) is 18.9 Å². The normalized spacial score (nSPS) is 13.8. The van der Waals surface area contributed by atoms with Crippen LogP contribution in [0.15, 0.2) is 146 Å². The number of carbonyl (C=O) groups excluding carboxylic acids is 2. The smallest absolute Gasteiger partial charge is 0.361 e. The zero-order chi connectivity index (χ0) is 57.6. The summed E-state index contributed by atoms with van der Waals surface area (Å²) in [4.78, 5) is 37.5. The van der Waals surface area contributed by atoms with Crippen LogP contribution in [0.5, 0.6) is 0 Å². The maximum absolute atomic E-state index is 12.9. The highest BCUT2D eigenvalue weighted by Crippen LogP contribution is 2.14. The van der Waals surface area contributed by atoms with E-state index >= 15 is 0 Å². The highest BCUT2D eigenvalue weighted by atomic mass is 16.7. The van der Waals surface area contributed by atoms with Gasteiger partial charge in [0.2, 0.25) is 0 Å². The first kappa shape index (κ1) is 74.2. The van der Waals surface area contributed by atoms with Crippen LogP contribution in [0.25, 0.3) is 0 Å². The number of esters is 2. The van der Waals surface area contributed by atoms with Crippen LogP contribution in [0.3, 0.4) is 0 Å². The topological polar surface area (TPSA) is 108 Å². The van der Waals surface area contributed by atoms with Gasteiger partial charge in [0.15, 0.2) is 6.10 Å². The van der Waals surface area contributed by atoms with Crippen LogP contribution in [0.2, 0.25) is 0 Å². The van der Waals surface area contributed by atoms with Crippen LogP contribution in [0.1, 0.15) is 219 Å². The second-order valence-corrected chi connectivity index (χ2v) is 21.3. The number of likely N-dealkylation sites (N-methyl/N-ethyl adjacent to an activating group) is 1. The Labute approximate surface area is 483 Å². The van der Waals surface area contributed by atoms with E-state index in [0.29, 0.717) is 17.4 Å². The van der Waals surface area contributed by atoms with Crippen molar-refractivity contribution >= 4 is 17.9 Å². The number of nitrogens with zero attached hydrogens (tertiary/aromatic N) is 1. The summed E-state index contributed by atoms with van der Waals surface area (Å²) in [6, 6.07) is 0. The van der Waals surface area contributed by atoms with Crippen molar-refractivity contribution in [3.63, 3.8) is 0 Å². The van der Waals surface area contributed by atoms with E-state index in [9.17, 15) is 19.5 Å². The third-order valence-electron chi connectivity index (χ3n) is 12.6. The predicted octanol–water partition coefficient (Wildman–Crippen LogP) is 18.8. The lowest BCUT2D eigenvalue weighted by Crippen LogP contribution is -2.40. The standard InChI is InChI=1S/C70H113NO8/c1-6-8-10-12-14-16-18-20-22-24-26-28-30-31-32-33-34-35-36-37-39-41-43-45-47-49-51-53-55-57-59-61-68(73)79-66(65-78-70(69(74)75)76-63-62-71(3,4)5)64-77-67(72)60-58-56-54-52-50-48-46-44-42-40-38-29-27-25-23-21-19-17-15-13-11-9-7-2/h8,10,14,16,19-22,25-28,31-32,34-35,37-40,43,45,49,51,66,70H,6-7,9,11-13,15,17-18,23-24,29-30,33,36,41-42,44,46-48,50,52-65H2,1-5H3/p+1/b10-8-,16-14-,21-19-,22-20-,27-25-,28-26-,32-31-,35-34-,39-37-,40-38-,45-43-,51-49-. The zero-order valence-electron chi connectivity index (χ0n) is 50.7. The van der Waals surface area contributed by atoms with Gasteiger partial charge in [0.05, 0.1) is 34.4 Å². The maximum Gasteiger partial charge on any atom is 0.361 e. The molecular formula is C70H114NO8+. The lowest BCUT2D eigenvalue weighted by Gasteiger charge is -2.25. The summed E-state index contributed by atoms with van der Waals surface area (Å²) in [7, 11) is 5.94. The summed E-state index contributed by atoms with van der Waals surface area (Å²) in [6.45, 7) is 4.68. The summed E-state index contributed by atoms with van der Waals surface area (Å²) in [5.74, 6) is -2.08. The fraction of sp³-hybridized carbons (Fsp3) is 0.614. The minimum Gasteiger partial charge on any atom is -0.477 e. The second-order valence-electron chi connectivity index (χ2n) is 21.3. The Morgan fingerprint density at radius 3 is 1.09 bits per heavy atom. The number of rotatable bonds is 55. The number of unbranched alkanes of at least 4 members (excludes halogenated alkanes) is 16. The van der Waals surface area contributed by atoms with Crippen molar-refractivity contribution in [3.05, 3.63) is 146 Å². The van der Waals surface area contributed by atoms with E-state index in [2.05, 4.69) is 160 Å². The quantitative estimate of drug-likeness (QED) is 0.0211. The summed E-state index contributed by atoms with van der Waals surface area (Å²) < 4.78 is 22.9. The Hall–Kier alpha value is -4.83. The van der Waals surface area contributed by atoms with Gasteiger partial charge in [-0.05, 0) is 122 Å². The molecule has 446 valence electrons. The first-order valence-corrected chi connectivity index (χ1v) is 31.0. The van der Waals surface area contributed by atoms with Gasteiger partial charge in [-0.15, -0.1) is 0 Å². The molecule has 0 fully saturated rings. The van der Waals surface area contributed by atoms with Gasteiger partial charge in [0.1, 0.15) is 13.2 Å². The summed E-state index contributed by atoms with van der Waals surface area (Å²) in [5.41, 5.74) is 0. The van der Waals surface area contributed by atoms with Gasteiger partial charge in [0.25, 0.3) is 6.29 Å². The van der Waals surface area contributed by atoms with E-state index in [0.717, 1.165) is 122 Å². The number of carboxylic acid groups (broad SMARTS) is 1. The number of quaternary nitrogens is 1. The molecule has 79 heavy (non-hydrogen) atoms. The Morgan fingerprint density at radius 1 is 0.392 bits per heavy atom. The van der Waals surface area contributed by atoms with Gasteiger partial charge < -0.3 is 28.5 Å². The second kappa shape index (κ2) is 59.3. The van der Waals surface area contributed by atoms with Gasteiger partial charge >= 0.3 is 17.9 Å². The molecule has 0 bridgehead atoms. The van der Waals surface area contributed by atoms with Crippen LogP contribution in [0.4, 0.5) is 0 Å². The van der Waals surface area contributed by atoms with E-state index < -0.39 is 24.3 Å². The van der Waals surface area contributed by atoms with E-state index in [1.54, 1.807) is 0 Å². The molecule has 0 aromatic carbocycles. The van der Waals surface area contributed by atoms with E-state index in [-0.39, 0.29) is 38.6 Å². The minimum absolute atomic E-state index is 0.171. The first-order valence-electron chi connectivity index (χ1n) is 31.0. The summed E-state index contributed by atoms with van der Waals surface area (Å²) >= 11 is 0. The van der Waals surface area contributed by atoms with Crippen molar-refractivity contribution in [1.29, 1.82) is 0 Å². The molecule has 0 aromatic rings. The molecule has 0 aliphatic rings. The Kier molecular flexibility index (Phi) is 55.7. The van der Waals surface area contributed by atoms with Crippen LogP contribution in [-0.4, -0.2) is 87.4 Å². The van der Waals surface area contributed by atoms with Crippen LogP contribution >= 0.6 is 0 Å². The van der Waals surface area contributed by atoms with Crippen LogP contribution < -0.4 is 0 Å². The van der Waals surface area contributed by atoms with Crippen molar-refractivity contribution in [2.75, 3.05) is 47.5 Å². The molecule has 0 saturated heterocycles. The number of carboxylic acids is 1. The molecule has 0 aliphatic carbocycles. The molecule has 0 heterocycles. The van der Waals surface area contributed by atoms with Crippen LogP contribution in [0, 0.1) is 0 Å². The monoisotopic (exact) mass is 1100 g/mol. The molecule has 1 N–H and O–H groups in total. The molecule has 9 heteroatoms. The molecule has 9 nitrogen and oxygen atoms in total. The highest BCUT2D eigenvalue weighted by Gasteiger charge is 2.25. The third kappa shape index (κ3) is 60.7. The molecule has 0 aromatic heterocycles. The number of hydrogen-bond acceptors (Lipinski definition) is 7. The zero-order valence-corrected chi connectivity index (χ0v) is 50.7. The fourth-order valence-corrected chi connectivity index (χ4v) is 7.83. The predicted molar refractivity (Wildman–Crippen MR) is 336 cm³/mol. The first-order chi connectivity index (χ1) is 38.6. The van der Waals surface area contributed by atoms with Crippen molar-refractivity contribution < 1.29 is 42.9 Å². The molecule has 2 atom stereocenters. The number of ether oxygens (including phenoxy) is 4. The lowest BCUT2D eigenvalue weighted by molar-refractivity contribution is -0.870. The van der Waals surface area contributed by atoms with E-state index in [1.807, 2.05) is 21.1 Å². The van der Waals surface area contributed by atoms with Gasteiger partial charge in [-0.2, -0.15) is 0 Å². The number of allylic oxidation sites excluding steroid dienone is 24. The lowest BCUT2D eigenvalue weighted by atomic mass is 10.1. The highest BCUT2D eigenvalue weighted by molar-refractivity contribution is 5.71. The van der Waals surface area contributed by atoms with Gasteiger partial charge in [0, 0.05) is 12.8 Å². The van der Waals surface area contributed by atoms with Crippen LogP contribution in [-0.2, 0) is 33.3 Å². The fourth-order valence-electron chi connectivity index (χ4n) is 7.83. The average Bonchev–Trinajstić information content (AvgIpc) is 3.42. The summed E-state index contributed by atoms with van der Waals surface area (Å²) in [5, 5.41) is 9.72.